The molecular weight excluding hydrogens is 309 g/mol. The third kappa shape index (κ3) is 3.72. The predicted molar refractivity (Wildman–Crippen MR) is 66.8 cm³/mol. The van der Waals surface area contributed by atoms with Crippen molar-refractivity contribution in [1.29, 1.82) is 0 Å². The Kier molecular flexibility index (Phi) is 4.53. The maximum Gasteiger partial charge on any atom is 0.417 e. The van der Waals surface area contributed by atoms with Crippen LogP contribution in [-0.2, 0) is 18.9 Å². The molecule has 1 unspecified atom stereocenters. The van der Waals surface area contributed by atoms with Gasteiger partial charge >= 0.3 is 6.18 Å². The van der Waals surface area contributed by atoms with Crippen LogP contribution in [0.5, 0.6) is 0 Å². The number of hydrogen-bond acceptors (Lipinski definition) is 6. The summed E-state index contributed by atoms with van der Waals surface area (Å²) in [6.07, 6.45) is -13.1. The number of ether oxygens (including phenoxy) is 4. The summed E-state index contributed by atoms with van der Waals surface area (Å²) in [6.45, 7) is 6.07. The molecule has 130 valence electrons. The van der Waals surface area contributed by atoms with Gasteiger partial charge in [0.05, 0.1) is 6.61 Å². The molecule has 2 saturated heterocycles. The lowest BCUT2D eigenvalue weighted by Gasteiger charge is -2.29. The van der Waals surface area contributed by atoms with Gasteiger partial charge in [-0.1, -0.05) is 0 Å². The number of rotatable bonds is 3. The Morgan fingerprint density at radius 1 is 0.955 bits per heavy atom. The summed E-state index contributed by atoms with van der Waals surface area (Å²) < 4.78 is 59.5. The van der Waals surface area contributed by atoms with Crippen molar-refractivity contribution in [2.24, 2.45) is 0 Å². The number of hydrogen-bond donors (Lipinski definition) is 2. The maximum atomic E-state index is 12.8. The van der Waals surface area contributed by atoms with Gasteiger partial charge in [0.2, 0.25) is 0 Å². The average molecular weight is 330 g/mol. The Hall–Kier alpha value is -0.450. The van der Waals surface area contributed by atoms with Crippen molar-refractivity contribution in [3.8, 4) is 0 Å². The van der Waals surface area contributed by atoms with Gasteiger partial charge in [0, 0.05) is 0 Å². The summed E-state index contributed by atoms with van der Waals surface area (Å²) in [6, 6.07) is 0. The molecule has 5 atom stereocenters. The number of alkyl halides is 3. The zero-order valence-electron chi connectivity index (χ0n) is 12.8. The molecule has 2 aliphatic rings. The van der Waals surface area contributed by atoms with Crippen molar-refractivity contribution >= 4 is 0 Å². The highest BCUT2D eigenvalue weighted by molar-refractivity contribution is 4.96. The Bertz CT molecular complexity index is 411. The van der Waals surface area contributed by atoms with Crippen LogP contribution in [0.3, 0.4) is 0 Å². The maximum absolute atomic E-state index is 12.8. The van der Waals surface area contributed by atoms with Crippen molar-refractivity contribution in [3.63, 3.8) is 0 Å². The second-order valence-corrected chi connectivity index (χ2v) is 6.41. The molecule has 9 heteroatoms. The van der Waals surface area contributed by atoms with Crippen LogP contribution in [0.15, 0.2) is 0 Å². The van der Waals surface area contributed by atoms with Gasteiger partial charge in [-0.3, -0.25) is 0 Å². The first-order chi connectivity index (χ1) is 9.82. The van der Waals surface area contributed by atoms with Crippen LogP contribution in [-0.4, -0.2) is 65.1 Å². The fraction of sp³-hybridized carbons (Fsp3) is 1.00. The summed E-state index contributed by atoms with van der Waals surface area (Å²) in [4.78, 5) is 0. The quantitative estimate of drug-likeness (QED) is 0.802. The van der Waals surface area contributed by atoms with Crippen LogP contribution in [0, 0.1) is 0 Å². The van der Waals surface area contributed by atoms with Crippen LogP contribution in [0.1, 0.15) is 27.7 Å². The molecule has 6 nitrogen and oxygen atoms in total. The topological polar surface area (TPSA) is 77.4 Å². The van der Waals surface area contributed by atoms with Gasteiger partial charge in [0.1, 0.15) is 24.4 Å². The molecule has 22 heavy (non-hydrogen) atoms. The first-order valence-corrected chi connectivity index (χ1v) is 6.93. The summed E-state index contributed by atoms with van der Waals surface area (Å²) in [5.41, 5.74) is 0. The van der Waals surface area contributed by atoms with E-state index in [0.717, 1.165) is 0 Å². The zero-order chi connectivity index (χ0) is 16.9. The van der Waals surface area contributed by atoms with Gasteiger partial charge in [0.15, 0.2) is 17.7 Å². The minimum atomic E-state index is -4.89. The molecule has 0 aliphatic carbocycles. The second kappa shape index (κ2) is 5.57. The van der Waals surface area contributed by atoms with Crippen LogP contribution < -0.4 is 0 Å². The molecule has 0 aromatic rings. The van der Waals surface area contributed by atoms with Crippen LogP contribution in [0.2, 0.25) is 0 Å². The Labute approximate surface area is 126 Å². The van der Waals surface area contributed by atoms with Gasteiger partial charge in [-0.05, 0) is 27.7 Å². The highest BCUT2D eigenvalue weighted by Crippen LogP contribution is 2.38. The highest BCUT2D eigenvalue weighted by Gasteiger charge is 2.57. The van der Waals surface area contributed by atoms with Gasteiger partial charge in [-0.15, -0.1) is 0 Å². The van der Waals surface area contributed by atoms with E-state index in [1.54, 1.807) is 13.8 Å². The highest BCUT2D eigenvalue weighted by atomic mass is 19.4. The van der Waals surface area contributed by atoms with Crippen LogP contribution in [0.25, 0.3) is 0 Å². The van der Waals surface area contributed by atoms with E-state index in [-0.39, 0.29) is 6.61 Å². The molecule has 0 radical (unpaired) electrons. The Morgan fingerprint density at radius 3 is 1.95 bits per heavy atom. The number of aliphatic hydroxyl groups is 2. The molecule has 0 aromatic heterocycles. The minimum absolute atomic E-state index is 0.00326. The van der Waals surface area contributed by atoms with E-state index in [1.807, 2.05) is 0 Å². The van der Waals surface area contributed by atoms with Crippen molar-refractivity contribution < 1.29 is 42.3 Å². The van der Waals surface area contributed by atoms with Gasteiger partial charge < -0.3 is 29.2 Å². The van der Waals surface area contributed by atoms with Crippen molar-refractivity contribution in [3.05, 3.63) is 0 Å². The molecule has 0 aromatic carbocycles. The average Bonchev–Trinajstić information content (AvgIpc) is 2.86. The lowest BCUT2D eigenvalue weighted by Crippen LogP contribution is -2.52. The second-order valence-electron chi connectivity index (χ2n) is 6.41. The molecular formula is C13H21F3O6. The lowest BCUT2D eigenvalue weighted by atomic mass is 9.99. The SMILES string of the molecule is CC1(C)O[C@H]([C@H](O)C(F)(F)F)[C@@H](C(O)[C@H]2COC(C)(C)O2)O1. The Balaban J connectivity index is 2.16. The van der Waals surface area contributed by atoms with Crippen molar-refractivity contribution in [1.82, 2.24) is 0 Å². The lowest BCUT2D eigenvalue weighted by molar-refractivity contribution is -0.243. The molecule has 0 bridgehead atoms. The third-order valence-electron chi connectivity index (χ3n) is 3.56. The van der Waals surface area contributed by atoms with Crippen LogP contribution in [0.4, 0.5) is 13.2 Å². The smallest absolute Gasteiger partial charge is 0.387 e. The normalized spacial score (nSPS) is 37.2. The van der Waals surface area contributed by atoms with Crippen LogP contribution >= 0.6 is 0 Å². The first-order valence-electron chi connectivity index (χ1n) is 6.93. The van der Waals surface area contributed by atoms with E-state index in [2.05, 4.69) is 0 Å². The monoisotopic (exact) mass is 330 g/mol. The van der Waals surface area contributed by atoms with Gasteiger partial charge in [0.25, 0.3) is 0 Å². The fourth-order valence-corrected chi connectivity index (χ4v) is 2.61. The molecule has 2 heterocycles. The molecule has 0 spiro atoms. The zero-order valence-corrected chi connectivity index (χ0v) is 12.8. The number of aliphatic hydroxyl groups excluding tert-OH is 2. The van der Waals surface area contributed by atoms with Gasteiger partial charge in [-0.25, -0.2) is 0 Å². The predicted octanol–water partition coefficient (Wildman–Crippen LogP) is 0.942. The number of halogens is 3. The first kappa shape index (κ1) is 17.9. The third-order valence-corrected chi connectivity index (χ3v) is 3.56. The van der Waals surface area contributed by atoms with Crippen molar-refractivity contribution in [2.45, 2.75) is 76.0 Å². The molecule has 2 aliphatic heterocycles. The van der Waals surface area contributed by atoms with E-state index >= 15 is 0 Å². The molecule has 0 amide bonds. The Morgan fingerprint density at radius 2 is 1.50 bits per heavy atom. The molecule has 2 N–H and O–H groups in total. The van der Waals surface area contributed by atoms with E-state index in [9.17, 15) is 23.4 Å². The summed E-state index contributed by atoms with van der Waals surface area (Å²) >= 11 is 0. The van der Waals surface area contributed by atoms with E-state index in [4.69, 9.17) is 18.9 Å². The van der Waals surface area contributed by atoms with Gasteiger partial charge in [-0.2, -0.15) is 13.2 Å². The minimum Gasteiger partial charge on any atom is -0.387 e. The summed E-state index contributed by atoms with van der Waals surface area (Å²) in [7, 11) is 0. The molecule has 2 fully saturated rings. The largest absolute Gasteiger partial charge is 0.417 e. The summed E-state index contributed by atoms with van der Waals surface area (Å²) in [5.74, 6) is -2.31. The van der Waals surface area contributed by atoms with E-state index < -0.39 is 48.3 Å². The van der Waals surface area contributed by atoms with E-state index in [1.165, 1.54) is 13.8 Å². The molecule has 0 saturated carbocycles. The fourth-order valence-electron chi connectivity index (χ4n) is 2.61. The molecule has 2 rings (SSSR count). The summed E-state index contributed by atoms with van der Waals surface area (Å²) in [5, 5.41) is 19.8. The standard InChI is InChI=1S/C13H21F3O6/c1-11(2)19-5-6(20-11)7(17)8-9(10(18)13(14,15)16)22-12(3,4)21-8/h6-10,17-18H,5H2,1-4H3/t6-,7?,8-,9+,10+/m1/s1. The van der Waals surface area contributed by atoms with E-state index in [0.29, 0.717) is 0 Å². The van der Waals surface area contributed by atoms with Crippen molar-refractivity contribution in [2.75, 3.05) is 6.61 Å².